The van der Waals surface area contributed by atoms with Gasteiger partial charge in [-0.25, -0.2) is 18.7 Å². The van der Waals surface area contributed by atoms with Crippen molar-refractivity contribution in [2.45, 2.75) is 38.0 Å². The third kappa shape index (κ3) is 3.10. The van der Waals surface area contributed by atoms with Crippen molar-refractivity contribution in [2.75, 3.05) is 24.2 Å². The highest BCUT2D eigenvalue weighted by Crippen LogP contribution is 2.39. The number of nitrogens with one attached hydrogen (secondary N) is 2. The fraction of sp³-hybridized carbons (Fsp3) is 0.667. The van der Waals surface area contributed by atoms with Crippen molar-refractivity contribution < 1.29 is 17.6 Å². The quantitative estimate of drug-likeness (QED) is 0.791. The Hall–Kier alpha value is -1.60. The number of hydrogen-bond acceptors (Lipinski definition) is 4. The molecule has 20 heavy (non-hydrogen) atoms. The molecule has 112 valence electrons. The van der Waals surface area contributed by atoms with Crippen LogP contribution >= 0.6 is 0 Å². The molecule has 1 heterocycles. The van der Waals surface area contributed by atoms with Gasteiger partial charge in [0.25, 0.3) is 0 Å². The van der Waals surface area contributed by atoms with E-state index < -0.39 is 18.9 Å². The number of aromatic nitrogens is 2. The predicted octanol–water partition coefficient (Wildman–Crippen LogP) is 3.02. The van der Waals surface area contributed by atoms with Gasteiger partial charge in [0.15, 0.2) is 0 Å². The first-order valence-electron chi connectivity index (χ1n) is 6.31. The van der Waals surface area contributed by atoms with E-state index in [1.165, 1.54) is 0 Å². The van der Waals surface area contributed by atoms with E-state index in [0.717, 1.165) is 12.8 Å². The summed E-state index contributed by atoms with van der Waals surface area (Å²) in [5.41, 5.74) is 0.530. The van der Waals surface area contributed by atoms with Gasteiger partial charge in [-0.1, -0.05) is 0 Å². The summed E-state index contributed by atoms with van der Waals surface area (Å²) < 4.78 is 50.2. The van der Waals surface area contributed by atoms with Crippen LogP contribution < -0.4 is 10.6 Å². The normalized spacial score (nSPS) is 15.6. The maximum Gasteiger partial charge on any atom is 0.324 e. The Balaban J connectivity index is 2.20. The smallest absolute Gasteiger partial charge is 0.324 e. The van der Waals surface area contributed by atoms with Gasteiger partial charge >= 0.3 is 12.3 Å². The van der Waals surface area contributed by atoms with E-state index in [2.05, 4.69) is 20.6 Å². The zero-order chi connectivity index (χ0) is 14.9. The van der Waals surface area contributed by atoms with E-state index in [-0.39, 0.29) is 11.7 Å². The van der Waals surface area contributed by atoms with E-state index >= 15 is 0 Å². The Kier molecular flexibility index (Phi) is 4.01. The summed E-state index contributed by atoms with van der Waals surface area (Å²) in [5, 5.41) is 5.16. The van der Waals surface area contributed by atoms with Gasteiger partial charge in [0, 0.05) is 18.5 Å². The summed E-state index contributed by atoms with van der Waals surface area (Å²) in [6.07, 6.45) is -1.79. The summed E-state index contributed by atoms with van der Waals surface area (Å²) in [4.78, 5) is 8.46. The average molecular weight is 292 g/mol. The molecule has 1 aromatic heterocycles. The molecule has 1 aliphatic rings. The van der Waals surface area contributed by atoms with Crippen LogP contribution in [0.1, 0.15) is 30.1 Å². The van der Waals surface area contributed by atoms with Crippen LogP contribution in [0.15, 0.2) is 0 Å². The summed E-state index contributed by atoms with van der Waals surface area (Å²) in [7, 11) is 1.66. The standard InChI is InChI=1S/C12H16F4N4/c1-6-8(17-2)19-10(7-3-4-7)20-9(6)18-5-12(15,16)11(13)14/h7,11H,3-5H2,1-2H3,(H2,17,18,19,20). The highest BCUT2D eigenvalue weighted by Gasteiger charge is 2.40. The Morgan fingerprint density at radius 1 is 1.25 bits per heavy atom. The van der Waals surface area contributed by atoms with Crippen molar-refractivity contribution in [1.82, 2.24) is 9.97 Å². The largest absolute Gasteiger partial charge is 0.373 e. The molecule has 0 unspecified atom stereocenters. The van der Waals surface area contributed by atoms with Crippen molar-refractivity contribution in [3.63, 3.8) is 0 Å². The number of hydrogen-bond donors (Lipinski definition) is 2. The van der Waals surface area contributed by atoms with Crippen LogP contribution in [0.25, 0.3) is 0 Å². The molecule has 4 nitrogen and oxygen atoms in total. The van der Waals surface area contributed by atoms with Crippen LogP contribution in [-0.2, 0) is 0 Å². The van der Waals surface area contributed by atoms with Crippen LogP contribution in [0.4, 0.5) is 29.2 Å². The topological polar surface area (TPSA) is 49.8 Å². The second kappa shape index (κ2) is 5.41. The van der Waals surface area contributed by atoms with Gasteiger partial charge in [0.1, 0.15) is 17.5 Å². The third-order valence-corrected chi connectivity index (χ3v) is 3.15. The van der Waals surface area contributed by atoms with Crippen molar-refractivity contribution in [1.29, 1.82) is 0 Å². The molecule has 8 heteroatoms. The number of nitrogens with zero attached hydrogens (tertiary/aromatic N) is 2. The SMILES string of the molecule is CNc1nc(C2CC2)nc(NCC(F)(F)C(F)F)c1C. The van der Waals surface area contributed by atoms with Crippen LogP contribution in [0, 0.1) is 6.92 Å². The number of anilines is 2. The first kappa shape index (κ1) is 14.8. The van der Waals surface area contributed by atoms with Crippen molar-refractivity contribution in [3.8, 4) is 0 Å². The lowest BCUT2D eigenvalue weighted by molar-refractivity contribution is -0.117. The average Bonchev–Trinajstić information content (AvgIpc) is 3.21. The number of rotatable bonds is 6. The summed E-state index contributed by atoms with van der Waals surface area (Å²) in [6, 6.07) is 0. The van der Waals surface area contributed by atoms with E-state index in [9.17, 15) is 17.6 Å². The fourth-order valence-electron chi connectivity index (χ4n) is 1.75. The van der Waals surface area contributed by atoms with Crippen LogP contribution in [0.3, 0.4) is 0 Å². The molecule has 0 amide bonds. The summed E-state index contributed by atoms with van der Waals surface area (Å²) >= 11 is 0. The Labute approximate surface area is 114 Å². The van der Waals surface area contributed by atoms with Gasteiger partial charge in [0.05, 0.1) is 6.54 Å². The van der Waals surface area contributed by atoms with Gasteiger partial charge in [-0.15, -0.1) is 0 Å². The molecular formula is C12H16F4N4. The summed E-state index contributed by atoms with van der Waals surface area (Å²) in [5.74, 6) is -2.60. The van der Waals surface area contributed by atoms with E-state index in [0.29, 0.717) is 17.2 Å². The maximum atomic E-state index is 12.9. The molecular weight excluding hydrogens is 276 g/mol. The minimum atomic E-state index is -4.09. The molecule has 2 N–H and O–H groups in total. The monoisotopic (exact) mass is 292 g/mol. The van der Waals surface area contributed by atoms with Gasteiger partial charge in [-0.3, -0.25) is 0 Å². The Bertz CT molecular complexity index is 489. The van der Waals surface area contributed by atoms with Crippen LogP contribution in [0.2, 0.25) is 0 Å². The minimum Gasteiger partial charge on any atom is -0.373 e. The first-order chi connectivity index (χ1) is 9.35. The van der Waals surface area contributed by atoms with Crippen LogP contribution in [0.5, 0.6) is 0 Å². The molecule has 1 fully saturated rings. The van der Waals surface area contributed by atoms with Crippen molar-refractivity contribution in [3.05, 3.63) is 11.4 Å². The Morgan fingerprint density at radius 3 is 2.35 bits per heavy atom. The number of alkyl halides is 4. The maximum absolute atomic E-state index is 12.9. The number of halogens is 4. The molecule has 0 spiro atoms. The van der Waals surface area contributed by atoms with E-state index in [1.807, 2.05) is 0 Å². The van der Waals surface area contributed by atoms with Gasteiger partial charge in [0.2, 0.25) is 0 Å². The zero-order valence-electron chi connectivity index (χ0n) is 11.2. The van der Waals surface area contributed by atoms with E-state index in [4.69, 9.17) is 0 Å². The molecule has 0 atom stereocenters. The molecule has 0 bridgehead atoms. The molecule has 1 aromatic rings. The van der Waals surface area contributed by atoms with Crippen LogP contribution in [-0.4, -0.2) is 35.9 Å². The molecule has 1 aliphatic carbocycles. The van der Waals surface area contributed by atoms with Gasteiger partial charge in [-0.05, 0) is 19.8 Å². The highest BCUT2D eigenvalue weighted by molar-refractivity contribution is 5.57. The lowest BCUT2D eigenvalue weighted by Crippen LogP contribution is -2.35. The third-order valence-electron chi connectivity index (χ3n) is 3.15. The highest BCUT2D eigenvalue weighted by atomic mass is 19.3. The molecule has 0 aromatic carbocycles. The molecule has 0 radical (unpaired) electrons. The molecule has 0 saturated heterocycles. The minimum absolute atomic E-state index is 0.173. The second-order valence-electron chi connectivity index (χ2n) is 4.84. The summed E-state index contributed by atoms with van der Waals surface area (Å²) in [6.45, 7) is 0.487. The molecule has 0 aliphatic heterocycles. The van der Waals surface area contributed by atoms with E-state index in [1.54, 1.807) is 14.0 Å². The molecule has 2 rings (SSSR count). The lowest BCUT2D eigenvalue weighted by Gasteiger charge is -2.18. The second-order valence-corrected chi connectivity index (χ2v) is 4.84. The Morgan fingerprint density at radius 2 is 1.85 bits per heavy atom. The lowest BCUT2D eigenvalue weighted by atomic mass is 10.2. The van der Waals surface area contributed by atoms with Gasteiger partial charge in [-0.2, -0.15) is 8.78 Å². The van der Waals surface area contributed by atoms with Crippen molar-refractivity contribution in [2.24, 2.45) is 0 Å². The molecule has 1 saturated carbocycles. The van der Waals surface area contributed by atoms with Gasteiger partial charge < -0.3 is 10.6 Å². The zero-order valence-corrected chi connectivity index (χ0v) is 11.2. The fourth-order valence-corrected chi connectivity index (χ4v) is 1.75. The van der Waals surface area contributed by atoms with Crippen molar-refractivity contribution >= 4 is 11.6 Å². The predicted molar refractivity (Wildman–Crippen MR) is 67.7 cm³/mol. The first-order valence-corrected chi connectivity index (χ1v) is 6.31.